The van der Waals surface area contributed by atoms with Crippen molar-refractivity contribution in [1.82, 2.24) is 0 Å². The van der Waals surface area contributed by atoms with Gasteiger partial charge >= 0.3 is 0 Å². The Morgan fingerprint density at radius 3 is 1.85 bits per heavy atom. The molecule has 12 rings (SSSR count). The van der Waals surface area contributed by atoms with E-state index in [0.29, 0.717) is 0 Å². The van der Waals surface area contributed by atoms with E-state index in [1.807, 2.05) is 29.5 Å². The van der Waals surface area contributed by atoms with Crippen LogP contribution in [-0.2, 0) is 0 Å². The number of furan rings is 2. The fourth-order valence-corrected chi connectivity index (χ4v) is 9.94. The van der Waals surface area contributed by atoms with E-state index in [1.165, 1.54) is 74.7 Å². The van der Waals surface area contributed by atoms with Crippen LogP contribution < -0.4 is 0 Å². The lowest BCUT2D eigenvalue weighted by atomic mass is 9.84. The van der Waals surface area contributed by atoms with Gasteiger partial charge in [0.05, 0.1) is 0 Å². The number of para-hydroxylation sites is 1. The first-order valence-electron chi connectivity index (χ1n) is 18.0. The Hall–Kier alpha value is -6.68. The van der Waals surface area contributed by atoms with E-state index in [2.05, 4.69) is 152 Å². The Morgan fingerprint density at radius 2 is 1.06 bits per heavy atom. The molecule has 0 fully saturated rings. The van der Waals surface area contributed by atoms with Crippen LogP contribution in [0.2, 0.25) is 0 Å². The topological polar surface area (TPSA) is 26.3 Å². The SMILES string of the molecule is c1ccc(-c2cc3c(ccc4c3sc3cccc(-c5c6ccccc6c(-c6ccc7cc8oc9ccccc9c8cc7c6)c6ccccc56)c34)o2)cc1. The Morgan fingerprint density at radius 1 is 0.358 bits per heavy atom. The van der Waals surface area contributed by atoms with Crippen molar-refractivity contribution in [2.45, 2.75) is 0 Å². The summed E-state index contributed by atoms with van der Waals surface area (Å²) in [5.41, 5.74) is 8.85. The van der Waals surface area contributed by atoms with Gasteiger partial charge in [-0.15, -0.1) is 11.3 Å². The second kappa shape index (κ2) is 10.9. The maximum absolute atomic E-state index is 6.41. The molecule has 3 aromatic heterocycles. The molecule has 12 aromatic rings. The molecular formula is C50H28O2S. The summed E-state index contributed by atoms with van der Waals surface area (Å²) < 4.78 is 15.2. The molecule has 0 unspecified atom stereocenters. The van der Waals surface area contributed by atoms with Crippen LogP contribution in [0.15, 0.2) is 179 Å². The highest BCUT2D eigenvalue weighted by atomic mass is 32.1. The molecule has 0 radical (unpaired) electrons. The van der Waals surface area contributed by atoms with E-state index in [1.54, 1.807) is 0 Å². The zero-order chi connectivity index (χ0) is 34.6. The number of fused-ring (bicyclic) bond motifs is 11. The molecule has 0 atom stereocenters. The summed E-state index contributed by atoms with van der Waals surface area (Å²) in [7, 11) is 0. The van der Waals surface area contributed by atoms with Crippen molar-refractivity contribution in [3.05, 3.63) is 170 Å². The normalized spacial score (nSPS) is 12.2. The Labute approximate surface area is 307 Å². The number of hydrogen-bond donors (Lipinski definition) is 0. The average molecular weight is 693 g/mol. The molecule has 0 saturated heterocycles. The Kier molecular flexibility index (Phi) is 5.96. The van der Waals surface area contributed by atoms with Gasteiger partial charge in [0.2, 0.25) is 0 Å². The van der Waals surface area contributed by atoms with Gasteiger partial charge in [0, 0.05) is 41.9 Å². The minimum atomic E-state index is 0.898. The largest absolute Gasteiger partial charge is 0.456 e. The summed E-state index contributed by atoms with van der Waals surface area (Å²) in [4.78, 5) is 0. The van der Waals surface area contributed by atoms with Crippen molar-refractivity contribution in [1.29, 1.82) is 0 Å². The van der Waals surface area contributed by atoms with Crippen LogP contribution in [0.1, 0.15) is 0 Å². The van der Waals surface area contributed by atoms with Crippen molar-refractivity contribution >= 4 is 96.7 Å². The molecule has 3 heterocycles. The van der Waals surface area contributed by atoms with Gasteiger partial charge < -0.3 is 8.83 Å². The van der Waals surface area contributed by atoms with Gasteiger partial charge in [-0.25, -0.2) is 0 Å². The highest BCUT2D eigenvalue weighted by Crippen LogP contribution is 2.49. The molecule has 246 valence electrons. The molecule has 0 amide bonds. The second-order valence-electron chi connectivity index (χ2n) is 14.0. The lowest BCUT2D eigenvalue weighted by Gasteiger charge is -2.18. The molecule has 0 aliphatic heterocycles. The number of hydrogen-bond acceptors (Lipinski definition) is 3. The van der Waals surface area contributed by atoms with Crippen LogP contribution in [0.3, 0.4) is 0 Å². The molecule has 9 aromatic carbocycles. The fraction of sp³-hybridized carbons (Fsp3) is 0. The third kappa shape index (κ3) is 4.20. The average Bonchev–Trinajstić information content (AvgIpc) is 3.92. The highest BCUT2D eigenvalue weighted by Gasteiger charge is 2.21. The molecule has 3 heteroatoms. The molecule has 0 bridgehead atoms. The zero-order valence-electron chi connectivity index (χ0n) is 28.4. The molecule has 0 spiro atoms. The first-order valence-corrected chi connectivity index (χ1v) is 18.8. The number of rotatable bonds is 3. The lowest BCUT2D eigenvalue weighted by molar-refractivity contribution is 0.632. The van der Waals surface area contributed by atoms with Crippen LogP contribution in [0.25, 0.3) is 119 Å². The third-order valence-electron chi connectivity index (χ3n) is 11.0. The second-order valence-corrected chi connectivity index (χ2v) is 15.0. The summed E-state index contributed by atoms with van der Waals surface area (Å²) in [6.45, 7) is 0. The summed E-state index contributed by atoms with van der Waals surface area (Å²) in [6.07, 6.45) is 0. The molecule has 0 aliphatic rings. The monoisotopic (exact) mass is 692 g/mol. The molecule has 0 aliphatic carbocycles. The number of benzene rings is 9. The van der Waals surface area contributed by atoms with Gasteiger partial charge in [0.25, 0.3) is 0 Å². The van der Waals surface area contributed by atoms with Gasteiger partial charge in [-0.1, -0.05) is 121 Å². The Bertz CT molecular complexity index is 3390. The van der Waals surface area contributed by atoms with E-state index in [0.717, 1.165) is 44.2 Å². The molecular weight excluding hydrogens is 665 g/mol. The van der Waals surface area contributed by atoms with Gasteiger partial charge in [-0.05, 0) is 103 Å². The van der Waals surface area contributed by atoms with Crippen molar-refractivity contribution in [3.63, 3.8) is 0 Å². The fourth-order valence-electron chi connectivity index (χ4n) is 8.70. The maximum Gasteiger partial charge on any atom is 0.136 e. The van der Waals surface area contributed by atoms with Crippen LogP contribution in [0, 0.1) is 0 Å². The predicted octanol–water partition coefficient (Wildman–Crippen LogP) is 15.2. The molecule has 0 saturated carbocycles. The minimum absolute atomic E-state index is 0.898. The summed E-state index contributed by atoms with van der Waals surface area (Å²) in [5.74, 6) is 0.898. The van der Waals surface area contributed by atoms with E-state index >= 15 is 0 Å². The number of thiophene rings is 1. The maximum atomic E-state index is 6.41. The van der Waals surface area contributed by atoms with E-state index in [-0.39, 0.29) is 0 Å². The highest BCUT2D eigenvalue weighted by molar-refractivity contribution is 7.26. The van der Waals surface area contributed by atoms with Gasteiger partial charge in [-0.2, -0.15) is 0 Å². The van der Waals surface area contributed by atoms with Crippen LogP contribution in [0.4, 0.5) is 0 Å². The zero-order valence-corrected chi connectivity index (χ0v) is 29.2. The van der Waals surface area contributed by atoms with Gasteiger partial charge in [0.15, 0.2) is 0 Å². The third-order valence-corrected chi connectivity index (χ3v) is 12.2. The summed E-state index contributed by atoms with van der Waals surface area (Å²) in [5, 5.41) is 13.4. The van der Waals surface area contributed by atoms with Crippen molar-refractivity contribution in [2.24, 2.45) is 0 Å². The smallest absolute Gasteiger partial charge is 0.136 e. The van der Waals surface area contributed by atoms with Crippen molar-refractivity contribution < 1.29 is 8.83 Å². The van der Waals surface area contributed by atoms with Crippen LogP contribution in [0.5, 0.6) is 0 Å². The van der Waals surface area contributed by atoms with E-state index in [9.17, 15) is 0 Å². The minimum Gasteiger partial charge on any atom is -0.456 e. The van der Waals surface area contributed by atoms with Crippen molar-refractivity contribution in [2.75, 3.05) is 0 Å². The predicted molar refractivity (Wildman–Crippen MR) is 225 cm³/mol. The lowest BCUT2D eigenvalue weighted by Crippen LogP contribution is -1.91. The van der Waals surface area contributed by atoms with E-state index < -0.39 is 0 Å². The van der Waals surface area contributed by atoms with Crippen LogP contribution in [-0.4, -0.2) is 0 Å². The molecule has 53 heavy (non-hydrogen) atoms. The molecule has 2 nitrogen and oxygen atoms in total. The van der Waals surface area contributed by atoms with Crippen LogP contribution >= 0.6 is 11.3 Å². The van der Waals surface area contributed by atoms with Crippen molar-refractivity contribution in [3.8, 4) is 33.6 Å². The van der Waals surface area contributed by atoms with E-state index in [4.69, 9.17) is 8.83 Å². The Balaban J connectivity index is 1.12. The summed E-state index contributed by atoms with van der Waals surface area (Å²) >= 11 is 1.86. The standard InChI is InChI=1S/C50H28O2S/c1-2-11-29(12-3-1)44-28-41-43(51-44)24-23-39-49-38(18-10-20-46(49)53-50(39)41)48-36-16-6-4-14-34(36)47(35-15-5-7-17-37(35)48)31-22-21-30-27-45-40(26-32(30)25-31)33-13-8-9-19-42(33)52-45/h1-28H. The quantitative estimate of drug-likeness (QED) is 0.172. The first kappa shape index (κ1) is 29.0. The molecule has 0 N–H and O–H groups in total. The van der Waals surface area contributed by atoms with Gasteiger partial charge in [0.1, 0.15) is 22.5 Å². The van der Waals surface area contributed by atoms with Gasteiger partial charge in [-0.3, -0.25) is 0 Å². The first-order chi connectivity index (χ1) is 26.3. The summed E-state index contributed by atoms with van der Waals surface area (Å²) in [6, 6.07) is 61.3.